The highest BCUT2D eigenvalue weighted by Gasteiger charge is 2.28. The Hall–Kier alpha value is -3.54. The second kappa shape index (κ2) is 6.88. The number of hydrogen-bond donors (Lipinski definition) is 1. The first-order chi connectivity index (χ1) is 13.8. The molecule has 2 atom stereocenters. The first kappa shape index (κ1) is 16.6. The van der Waals surface area contributed by atoms with E-state index in [-0.39, 0.29) is 17.9 Å². The van der Waals surface area contributed by atoms with Crippen LogP contribution in [0.2, 0.25) is 0 Å². The first-order valence-corrected chi connectivity index (χ1v) is 9.34. The van der Waals surface area contributed by atoms with Crippen LogP contribution in [0.25, 0.3) is 11.3 Å². The number of nitrogens with zero attached hydrogens (tertiary/aromatic N) is 4. The lowest BCUT2D eigenvalue weighted by Gasteiger charge is -2.18. The first-order valence-electron chi connectivity index (χ1n) is 9.34. The molecule has 0 fully saturated rings. The van der Waals surface area contributed by atoms with E-state index < -0.39 is 0 Å². The molecule has 3 aromatic rings. The highest BCUT2D eigenvalue weighted by molar-refractivity contribution is 5.96. The van der Waals surface area contributed by atoms with Crippen molar-refractivity contribution in [2.24, 2.45) is 0 Å². The van der Waals surface area contributed by atoms with Crippen molar-refractivity contribution in [3.8, 4) is 11.3 Å². The van der Waals surface area contributed by atoms with E-state index in [9.17, 15) is 4.79 Å². The molecule has 1 aliphatic heterocycles. The summed E-state index contributed by atoms with van der Waals surface area (Å²) in [5, 5.41) is 3.10. The molecule has 2 aromatic heterocycles. The van der Waals surface area contributed by atoms with Gasteiger partial charge in [0, 0.05) is 36.0 Å². The lowest BCUT2D eigenvalue weighted by atomic mass is 9.91. The second-order valence-corrected chi connectivity index (χ2v) is 7.04. The zero-order valence-corrected chi connectivity index (χ0v) is 15.2. The predicted octanol–water partition coefficient (Wildman–Crippen LogP) is 3.03. The van der Waals surface area contributed by atoms with Crippen molar-refractivity contribution in [1.82, 2.24) is 24.8 Å². The normalized spacial score (nSPS) is 19.6. The smallest absolute Gasteiger partial charge is 0.251 e. The highest BCUT2D eigenvalue weighted by atomic mass is 16.1. The Kier molecular flexibility index (Phi) is 4.09. The minimum atomic E-state index is -0.0659. The number of allylic oxidation sites excluding steroid dienone is 2. The Morgan fingerprint density at radius 3 is 2.89 bits per heavy atom. The number of carbonyl (C=O) groups is 1. The summed E-state index contributed by atoms with van der Waals surface area (Å²) in [7, 11) is 0. The van der Waals surface area contributed by atoms with Crippen LogP contribution in [0.5, 0.6) is 0 Å². The molecule has 1 aromatic carbocycles. The Balaban J connectivity index is 1.33. The van der Waals surface area contributed by atoms with Gasteiger partial charge in [-0.1, -0.05) is 42.5 Å². The molecule has 1 unspecified atom stereocenters. The molecule has 1 aliphatic carbocycles. The fourth-order valence-electron chi connectivity index (χ4n) is 4.00. The minimum Gasteiger partial charge on any atom is -0.350 e. The van der Waals surface area contributed by atoms with Crippen LogP contribution in [0.15, 0.2) is 79.3 Å². The highest BCUT2D eigenvalue weighted by Crippen LogP contribution is 2.38. The number of nitrogens with one attached hydrogen (secondary N) is 1. The zero-order valence-electron chi connectivity index (χ0n) is 15.2. The molecule has 1 amide bonds. The van der Waals surface area contributed by atoms with Crippen LogP contribution >= 0.6 is 0 Å². The quantitative estimate of drug-likeness (QED) is 0.767. The third-order valence-electron chi connectivity index (χ3n) is 5.39. The molecule has 0 bridgehead atoms. The third-order valence-corrected chi connectivity index (χ3v) is 5.39. The molecule has 6 nitrogen and oxygen atoms in total. The van der Waals surface area contributed by atoms with Gasteiger partial charge in [-0.2, -0.15) is 0 Å². The molecule has 138 valence electrons. The van der Waals surface area contributed by atoms with Crippen molar-refractivity contribution in [2.75, 3.05) is 6.54 Å². The molecule has 1 N–H and O–H groups in total. The molecular weight excluding hydrogens is 350 g/mol. The molecule has 28 heavy (non-hydrogen) atoms. The second-order valence-electron chi connectivity index (χ2n) is 7.04. The molecule has 2 aliphatic rings. The van der Waals surface area contributed by atoms with Crippen LogP contribution in [-0.2, 0) is 4.79 Å². The fourth-order valence-corrected chi connectivity index (χ4v) is 4.00. The van der Waals surface area contributed by atoms with Crippen LogP contribution in [-0.4, -0.2) is 32.0 Å². The van der Waals surface area contributed by atoms with E-state index in [0.29, 0.717) is 12.1 Å². The predicted molar refractivity (Wildman–Crippen MR) is 105 cm³/mol. The van der Waals surface area contributed by atoms with E-state index in [0.717, 1.165) is 17.7 Å². The van der Waals surface area contributed by atoms with E-state index in [1.165, 1.54) is 17.5 Å². The summed E-state index contributed by atoms with van der Waals surface area (Å²) in [4.78, 5) is 25.2. The van der Waals surface area contributed by atoms with Gasteiger partial charge in [-0.15, -0.1) is 0 Å². The lowest BCUT2D eigenvalue weighted by molar-refractivity contribution is -0.117. The van der Waals surface area contributed by atoms with Gasteiger partial charge in [0.05, 0.1) is 24.3 Å². The van der Waals surface area contributed by atoms with Crippen LogP contribution in [0, 0.1) is 0 Å². The molecule has 3 heterocycles. The summed E-state index contributed by atoms with van der Waals surface area (Å²) in [6.07, 6.45) is 15.6. The van der Waals surface area contributed by atoms with Gasteiger partial charge in [0.1, 0.15) is 6.33 Å². The number of carbonyl (C=O) groups excluding carboxylic acids is 1. The van der Waals surface area contributed by atoms with Gasteiger partial charge in [-0.25, -0.2) is 15.0 Å². The largest absolute Gasteiger partial charge is 0.350 e. The SMILES string of the molecule is O=C(NC[C@H]1c2ccccc2-c2cncn21)C1=CC(c2cncnc2)CC=C1. The number of rotatable bonds is 4. The van der Waals surface area contributed by atoms with E-state index in [1.807, 2.05) is 42.9 Å². The zero-order chi connectivity index (χ0) is 18.9. The summed E-state index contributed by atoms with van der Waals surface area (Å²) in [6, 6.07) is 8.34. The van der Waals surface area contributed by atoms with Crippen LogP contribution < -0.4 is 5.32 Å². The molecule has 0 radical (unpaired) electrons. The van der Waals surface area contributed by atoms with E-state index in [2.05, 4.69) is 37.0 Å². The Labute approximate surface area is 162 Å². The van der Waals surface area contributed by atoms with Crippen molar-refractivity contribution in [3.63, 3.8) is 0 Å². The number of fused-ring (bicyclic) bond motifs is 3. The third kappa shape index (κ3) is 2.83. The van der Waals surface area contributed by atoms with Gasteiger partial charge in [-0.05, 0) is 17.5 Å². The van der Waals surface area contributed by atoms with Crippen molar-refractivity contribution in [3.05, 3.63) is 90.4 Å². The molecule has 6 heteroatoms. The molecule has 0 saturated heterocycles. The summed E-state index contributed by atoms with van der Waals surface area (Å²) in [5.74, 6) is 0.0586. The van der Waals surface area contributed by atoms with Crippen LogP contribution in [0.3, 0.4) is 0 Å². The summed E-state index contributed by atoms with van der Waals surface area (Å²) in [5.41, 5.74) is 5.19. The molecule has 0 saturated carbocycles. The number of imidazole rings is 1. The van der Waals surface area contributed by atoms with Crippen LogP contribution in [0.1, 0.15) is 29.5 Å². The average Bonchev–Trinajstić information content (AvgIpc) is 3.34. The summed E-state index contributed by atoms with van der Waals surface area (Å²) in [6.45, 7) is 0.517. The van der Waals surface area contributed by atoms with Gasteiger partial charge in [0.15, 0.2) is 0 Å². The van der Waals surface area contributed by atoms with Gasteiger partial charge < -0.3 is 9.88 Å². The van der Waals surface area contributed by atoms with Gasteiger partial charge in [0.25, 0.3) is 5.91 Å². The van der Waals surface area contributed by atoms with Crippen molar-refractivity contribution in [1.29, 1.82) is 0 Å². The summed E-state index contributed by atoms with van der Waals surface area (Å²) < 4.78 is 2.13. The van der Waals surface area contributed by atoms with Crippen molar-refractivity contribution >= 4 is 5.91 Å². The molecule has 5 rings (SSSR count). The van der Waals surface area contributed by atoms with Gasteiger partial charge >= 0.3 is 0 Å². The fraction of sp³-hybridized carbons (Fsp3) is 0.182. The molecular formula is C22H19N5O. The number of aromatic nitrogens is 4. The van der Waals surface area contributed by atoms with Gasteiger partial charge in [0.2, 0.25) is 0 Å². The Morgan fingerprint density at radius 1 is 1.14 bits per heavy atom. The van der Waals surface area contributed by atoms with Crippen molar-refractivity contribution < 1.29 is 4.79 Å². The number of amides is 1. The minimum absolute atomic E-state index is 0.0594. The van der Waals surface area contributed by atoms with Crippen LogP contribution in [0.4, 0.5) is 0 Å². The standard InChI is InChI=1S/C22H19N5O/c28-22(16-5-3-4-15(8-16)17-9-23-13-24-10-17)26-12-21-19-7-2-1-6-18(19)20-11-25-14-27(20)21/h1-3,5-11,13-15,21H,4,12H2,(H,26,28)/t15?,21-/m0/s1. The molecule has 0 spiro atoms. The Bertz CT molecular complexity index is 1080. The average molecular weight is 369 g/mol. The topological polar surface area (TPSA) is 72.7 Å². The number of hydrogen-bond acceptors (Lipinski definition) is 4. The van der Waals surface area contributed by atoms with E-state index in [1.54, 1.807) is 12.4 Å². The van der Waals surface area contributed by atoms with Crippen molar-refractivity contribution in [2.45, 2.75) is 18.4 Å². The maximum Gasteiger partial charge on any atom is 0.251 e. The Morgan fingerprint density at radius 2 is 2.00 bits per heavy atom. The lowest BCUT2D eigenvalue weighted by Crippen LogP contribution is -2.31. The van der Waals surface area contributed by atoms with E-state index >= 15 is 0 Å². The maximum absolute atomic E-state index is 12.8. The monoisotopic (exact) mass is 369 g/mol. The van der Waals surface area contributed by atoms with E-state index in [4.69, 9.17) is 0 Å². The maximum atomic E-state index is 12.8. The summed E-state index contributed by atoms with van der Waals surface area (Å²) >= 11 is 0. The van der Waals surface area contributed by atoms with Gasteiger partial charge in [-0.3, -0.25) is 4.79 Å². The number of benzene rings is 1.